The minimum atomic E-state index is -0.151. The summed E-state index contributed by atoms with van der Waals surface area (Å²) in [7, 11) is 0. The normalized spacial score (nSPS) is 10.8. The number of nitrogens with one attached hydrogen (secondary N) is 2. The van der Waals surface area contributed by atoms with Crippen LogP contribution in [0.4, 0.5) is 5.69 Å². The van der Waals surface area contributed by atoms with E-state index in [1.54, 1.807) is 46.9 Å². The summed E-state index contributed by atoms with van der Waals surface area (Å²) in [6.07, 6.45) is 0. The van der Waals surface area contributed by atoms with Crippen LogP contribution in [0.25, 0.3) is 21.1 Å². The first-order valence-corrected chi connectivity index (χ1v) is 11.6. The van der Waals surface area contributed by atoms with E-state index in [4.69, 9.17) is 4.98 Å². The number of aromatic amines is 1. The summed E-state index contributed by atoms with van der Waals surface area (Å²) in [6.45, 7) is 1.50. The third-order valence-electron chi connectivity index (χ3n) is 4.10. The molecule has 146 valence electrons. The predicted octanol–water partition coefficient (Wildman–Crippen LogP) is 5.80. The molecule has 3 aromatic heterocycles. The van der Waals surface area contributed by atoms with E-state index in [1.165, 1.54) is 18.7 Å². The largest absolute Gasteiger partial charge is 0.332 e. The Labute approximate surface area is 180 Å². The average Bonchev–Trinajstić information content (AvgIpc) is 3.47. The summed E-state index contributed by atoms with van der Waals surface area (Å²) in [5.74, 6) is 0.0293. The Morgan fingerprint density at radius 2 is 1.83 bits per heavy atom. The molecule has 0 spiro atoms. The minimum absolute atomic E-state index is 0.0340. The fraction of sp³-hybridized carbons (Fsp3) is 0.0952. The number of Topliss-reactive ketones (excluding diaryl/α,β-unsaturated/α-hetero) is 1. The number of aromatic nitrogens is 2. The van der Waals surface area contributed by atoms with Crippen LogP contribution < -0.4 is 5.32 Å². The number of hydrogen-bond acceptors (Lipinski definition) is 6. The molecule has 1 aromatic carbocycles. The van der Waals surface area contributed by atoms with Gasteiger partial charge in [-0.05, 0) is 41.9 Å². The van der Waals surface area contributed by atoms with Gasteiger partial charge in [-0.15, -0.1) is 22.7 Å². The third kappa shape index (κ3) is 4.67. The highest BCUT2D eigenvalue weighted by atomic mass is 32.2. The number of carbonyl (C=O) groups is 2. The third-order valence-corrected chi connectivity index (χ3v) is 6.73. The highest BCUT2D eigenvalue weighted by molar-refractivity contribution is 7.99. The van der Waals surface area contributed by atoms with E-state index in [0.29, 0.717) is 16.4 Å². The van der Waals surface area contributed by atoms with E-state index in [-0.39, 0.29) is 17.4 Å². The van der Waals surface area contributed by atoms with Gasteiger partial charge in [0.2, 0.25) is 5.91 Å². The van der Waals surface area contributed by atoms with Gasteiger partial charge in [-0.1, -0.05) is 36.0 Å². The van der Waals surface area contributed by atoms with Gasteiger partial charge in [0.15, 0.2) is 10.9 Å². The van der Waals surface area contributed by atoms with Crippen molar-refractivity contribution in [1.29, 1.82) is 0 Å². The molecule has 4 aromatic rings. The molecule has 29 heavy (non-hydrogen) atoms. The first kappa shape index (κ1) is 19.6. The number of amides is 1. The number of imidazole rings is 1. The molecule has 2 N–H and O–H groups in total. The zero-order valence-electron chi connectivity index (χ0n) is 15.5. The van der Waals surface area contributed by atoms with Crippen molar-refractivity contribution in [3.8, 4) is 21.1 Å². The van der Waals surface area contributed by atoms with Crippen molar-refractivity contribution in [1.82, 2.24) is 9.97 Å². The average molecular weight is 440 g/mol. The quantitative estimate of drug-likeness (QED) is 0.282. The smallest absolute Gasteiger partial charge is 0.234 e. The molecule has 0 radical (unpaired) electrons. The van der Waals surface area contributed by atoms with Crippen molar-refractivity contribution in [3.63, 3.8) is 0 Å². The Kier molecular flexibility index (Phi) is 5.94. The van der Waals surface area contributed by atoms with Gasteiger partial charge in [-0.3, -0.25) is 9.59 Å². The predicted molar refractivity (Wildman–Crippen MR) is 121 cm³/mol. The lowest BCUT2D eigenvalue weighted by Gasteiger charge is -2.05. The van der Waals surface area contributed by atoms with Crippen molar-refractivity contribution in [2.75, 3.05) is 11.1 Å². The molecule has 4 rings (SSSR count). The van der Waals surface area contributed by atoms with Crippen LogP contribution in [0.5, 0.6) is 0 Å². The van der Waals surface area contributed by atoms with Crippen molar-refractivity contribution >= 4 is 51.8 Å². The van der Waals surface area contributed by atoms with E-state index in [1.807, 2.05) is 29.0 Å². The molecule has 8 heteroatoms. The Bertz CT molecular complexity index is 1080. The Hall–Kier alpha value is -2.68. The monoisotopic (exact) mass is 439 g/mol. The molecule has 1 amide bonds. The minimum Gasteiger partial charge on any atom is -0.332 e. The second-order valence-electron chi connectivity index (χ2n) is 6.19. The highest BCUT2D eigenvalue weighted by Crippen LogP contribution is 2.36. The van der Waals surface area contributed by atoms with Crippen molar-refractivity contribution in [3.05, 3.63) is 64.9 Å². The number of thioether (sulfide) groups is 1. The molecule has 5 nitrogen and oxygen atoms in total. The van der Waals surface area contributed by atoms with E-state index in [9.17, 15) is 9.59 Å². The molecule has 0 fully saturated rings. The molecule has 3 heterocycles. The number of H-pyrrole nitrogens is 1. The number of nitrogens with zero attached hydrogens (tertiary/aromatic N) is 1. The van der Waals surface area contributed by atoms with Gasteiger partial charge in [0.1, 0.15) is 5.69 Å². The molecular weight excluding hydrogens is 422 g/mol. The van der Waals surface area contributed by atoms with E-state index in [0.717, 1.165) is 21.1 Å². The van der Waals surface area contributed by atoms with E-state index in [2.05, 4.69) is 16.4 Å². The number of carbonyl (C=O) groups excluding carboxylic acids is 2. The van der Waals surface area contributed by atoms with Gasteiger partial charge < -0.3 is 10.3 Å². The Morgan fingerprint density at radius 1 is 1.07 bits per heavy atom. The molecule has 0 saturated heterocycles. The lowest BCUT2D eigenvalue weighted by molar-refractivity contribution is -0.113. The Balaban J connectivity index is 1.47. The highest BCUT2D eigenvalue weighted by Gasteiger charge is 2.17. The maximum absolute atomic E-state index is 12.4. The standard InChI is InChI=1S/C21H17N3O2S3/c1-13(25)14-5-2-6-15(11-14)22-18(26)12-29-21-23-19(16-7-3-9-27-16)20(24-21)17-8-4-10-28-17/h2-11H,12H2,1H3,(H,22,26)(H,23,24). The van der Waals surface area contributed by atoms with Crippen molar-refractivity contribution in [2.45, 2.75) is 12.1 Å². The number of anilines is 1. The van der Waals surface area contributed by atoms with Gasteiger partial charge in [-0.2, -0.15) is 0 Å². The topological polar surface area (TPSA) is 74.8 Å². The van der Waals surface area contributed by atoms with E-state index < -0.39 is 0 Å². The maximum atomic E-state index is 12.4. The summed E-state index contributed by atoms with van der Waals surface area (Å²) < 4.78 is 0. The summed E-state index contributed by atoms with van der Waals surface area (Å²) >= 11 is 4.64. The van der Waals surface area contributed by atoms with Gasteiger partial charge in [-0.25, -0.2) is 4.98 Å². The lowest BCUT2D eigenvalue weighted by atomic mass is 10.1. The first-order valence-electron chi connectivity index (χ1n) is 8.81. The molecule has 0 saturated carbocycles. The van der Waals surface area contributed by atoms with Crippen LogP contribution >= 0.6 is 34.4 Å². The van der Waals surface area contributed by atoms with Gasteiger partial charge in [0, 0.05) is 11.3 Å². The first-order chi connectivity index (χ1) is 14.1. The molecule has 0 aliphatic heterocycles. The summed E-state index contributed by atoms with van der Waals surface area (Å²) in [6, 6.07) is 15.0. The van der Waals surface area contributed by atoms with Crippen molar-refractivity contribution < 1.29 is 9.59 Å². The van der Waals surface area contributed by atoms with Crippen LogP contribution in [0.1, 0.15) is 17.3 Å². The van der Waals surface area contributed by atoms with Crippen LogP contribution in [0.15, 0.2) is 64.4 Å². The molecule has 0 aliphatic carbocycles. The van der Waals surface area contributed by atoms with E-state index >= 15 is 0 Å². The molecule has 0 atom stereocenters. The fourth-order valence-electron chi connectivity index (χ4n) is 2.76. The summed E-state index contributed by atoms with van der Waals surface area (Å²) in [5, 5.41) is 7.59. The molecule has 0 aliphatic rings. The van der Waals surface area contributed by atoms with Crippen LogP contribution in [0.3, 0.4) is 0 Å². The second-order valence-corrected chi connectivity index (χ2v) is 9.05. The number of ketones is 1. The summed E-state index contributed by atoms with van der Waals surface area (Å²) in [4.78, 5) is 34.1. The van der Waals surface area contributed by atoms with Crippen molar-refractivity contribution in [2.24, 2.45) is 0 Å². The number of benzene rings is 1. The molecule has 0 unspecified atom stereocenters. The Morgan fingerprint density at radius 3 is 2.52 bits per heavy atom. The van der Waals surface area contributed by atoms with Gasteiger partial charge >= 0.3 is 0 Å². The fourth-order valence-corrected chi connectivity index (χ4v) is 4.87. The van der Waals surface area contributed by atoms with Crippen LogP contribution in [0.2, 0.25) is 0 Å². The summed E-state index contributed by atoms with van der Waals surface area (Å²) in [5.41, 5.74) is 3.06. The lowest BCUT2D eigenvalue weighted by Crippen LogP contribution is -2.14. The molecular formula is C21H17N3O2S3. The zero-order chi connectivity index (χ0) is 20.2. The maximum Gasteiger partial charge on any atom is 0.234 e. The number of rotatable bonds is 7. The van der Waals surface area contributed by atoms with Crippen LogP contribution in [-0.4, -0.2) is 27.4 Å². The van der Waals surface area contributed by atoms with Crippen LogP contribution in [0, 0.1) is 0 Å². The SMILES string of the molecule is CC(=O)c1cccc(NC(=O)CSc2nc(-c3cccs3)c(-c3cccs3)[nH]2)c1. The van der Waals surface area contributed by atoms with Gasteiger partial charge in [0.25, 0.3) is 0 Å². The second kappa shape index (κ2) is 8.77. The number of hydrogen-bond donors (Lipinski definition) is 2. The number of thiophene rings is 2. The zero-order valence-corrected chi connectivity index (χ0v) is 17.9. The van der Waals surface area contributed by atoms with Crippen LogP contribution in [-0.2, 0) is 4.79 Å². The van der Waals surface area contributed by atoms with Gasteiger partial charge in [0.05, 0.1) is 21.2 Å². The molecule has 0 bridgehead atoms.